The topological polar surface area (TPSA) is 84.5 Å². The molecule has 7 heteroatoms. The summed E-state index contributed by atoms with van der Waals surface area (Å²) in [6, 6.07) is 5.65. The van der Waals surface area contributed by atoms with Crippen LogP contribution in [0.1, 0.15) is 18.1 Å². The Labute approximate surface area is 125 Å². The molecule has 6 nitrogen and oxygen atoms in total. The molecule has 118 valence electrons. The number of hydrogen-bond donors (Lipinski definition) is 2. The minimum atomic E-state index is -3.22. The summed E-state index contributed by atoms with van der Waals surface area (Å²) in [5, 5.41) is 2.59. The summed E-state index contributed by atoms with van der Waals surface area (Å²) in [6.45, 7) is 5.77. The van der Waals surface area contributed by atoms with Gasteiger partial charge in [0, 0.05) is 13.1 Å². The summed E-state index contributed by atoms with van der Waals surface area (Å²) in [5.74, 6) is 0.417. The number of carbonyl (C=O) groups is 1. The van der Waals surface area contributed by atoms with Gasteiger partial charge in [0.1, 0.15) is 5.75 Å². The highest BCUT2D eigenvalue weighted by molar-refractivity contribution is 7.89. The van der Waals surface area contributed by atoms with E-state index in [9.17, 15) is 13.2 Å². The van der Waals surface area contributed by atoms with Crippen molar-refractivity contribution in [2.45, 2.75) is 20.8 Å². The lowest BCUT2D eigenvalue weighted by Crippen LogP contribution is -2.37. The van der Waals surface area contributed by atoms with E-state index in [4.69, 9.17) is 4.74 Å². The molecular formula is C14H22N2O4S. The van der Waals surface area contributed by atoms with Gasteiger partial charge in [-0.1, -0.05) is 12.1 Å². The average Bonchev–Trinajstić information content (AvgIpc) is 2.45. The number of ether oxygens (including phenoxy) is 1. The zero-order valence-electron chi connectivity index (χ0n) is 12.6. The highest BCUT2D eigenvalue weighted by Gasteiger charge is 2.07. The first kappa shape index (κ1) is 17.5. The molecule has 0 aliphatic carbocycles. The van der Waals surface area contributed by atoms with Crippen LogP contribution >= 0.6 is 0 Å². The van der Waals surface area contributed by atoms with Crippen molar-refractivity contribution in [2.75, 3.05) is 25.4 Å². The average molecular weight is 314 g/mol. The van der Waals surface area contributed by atoms with Gasteiger partial charge in [-0.3, -0.25) is 4.79 Å². The summed E-state index contributed by atoms with van der Waals surface area (Å²) in [7, 11) is -3.22. The Balaban J connectivity index is 2.30. The van der Waals surface area contributed by atoms with E-state index in [1.54, 1.807) is 6.92 Å². The van der Waals surface area contributed by atoms with Crippen LogP contribution in [0.3, 0.4) is 0 Å². The Morgan fingerprint density at radius 3 is 2.62 bits per heavy atom. The smallest absolute Gasteiger partial charge is 0.257 e. The van der Waals surface area contributed by atoms with Crippen molar-refractivity contribution in [1.29, 1.82) is 0 Å². The van der Waals surface area contributed by atoms with Crippen molar-refractivity contribution in [3.05, 3.63) is 29.3 Å². The third kappa shape index (κ3) is 6.14. The maximum atomic E-state index is 11.6. The number of nitrogens with one attached hydrogen (secondary N) is 2. The summed E-state index contributed by atoms with van der Waals surface area (Å²) < 4.78 is 30.2. The predicted molar refractivity (Wildman–Crippen MR) is 81.9 cm³/mol. The second-order valence-corrected chi connectivity index (χ2v) is 6.73. The SMILES string of the molecule is CCS(=O)(=O)NCCNC(=O)COc1cccc(C)c1C. The van der Waals surface area contributed by atoms with Crippen molar-refractivity contribution >= 4 is 15.9 Å². The molecule has 0 aliphatic rings. The fourth-order valence-corrected chi connectivity index (χ4v) is 2.20. The summed E-state index contributed by atoms with van der Waals surface area (Å²) in [5.41, 5.74) is 2.10. The molecule has 1 aromatic carbocycles. The highest BCUT2D eigenvalue weighted by Crippen LogP contribution is 2.20. The molecule has 21 heavy (non-hydrogen) atoms. The molecule has 0 spiro atoms. The molecule has 0 fully saturated rings. The van der Waals surface area contributed by atoms with Crippen LogP contribution in [-0.4, -0.2) is 39.8 Å². The number of benzene rings is 1. The van der Waals surface area contributed by atoms with Crippen molar-refractivity contribution < 1.29 is 17.9 Å². The third-order valence-corrected chi connectivity index (χ3v) is 4.47. The Bertz CT molecular complexity index is 585. The van der Waals surface area contributed by atoms with Gasteiger partial charge >= 0.3 is 0 Å². The fraction of sp³-hybridized carbons (Fsp3) is 0.500. The Morgan fingerprint density at radius 1 is 1.24 bits per heavy atom. The van der Waals surface area contributed by atoms with E-state index in [0.29, 0.717) is 5.75 Å². The zero-order valence-corrected chi connectivity index (χ0v) is 13.4. The standard InChI is InChI=1S/C14H22N2O4S/c1-4-21(18,19)16-9-8-15-14(17)10-20-13-7-5-6-11(2)12(13)3/h5-7,16H,4,8-10H2,1-3H3,(H,15,17). The number of sulfonamides is 1. The van der Waals surface area contributed by atoms with Crippen molar-refractivity contribution in [3.8, 4) is 5.75 Å². The molecule has 0 bridgehead atoms. The monoisotopic (exact) mass is 314 g/mol. The lowest BCUT2D eigenvalue weighted by Gasteiger charge is -2.11. The van der Waals surface area contributed by atoms with Crippen molar-refractivity contribution in [3.63, 3.8) is 0 Å². The van der Waals surface area contributed by atoms with Gasteiger partial charge in [0.2, 0.25) is 10.0 Å². The van der Waals surface area contributed by atoms with Gasteiger partial charge in [-0.25, -0.2) is 13.1 Å². The first-order valence-corrected chi connectivity index (χ1v) is 8.44. The molecule has 0 atom stereocenters. The molecule has 1 aromatic rings. The van der Waals surface area contributed by atoms with E-state index in [0.717, 1.165) is 11.1 Å². The first-order chi connectivity index (χ1) is 9.85. The van der Waals surface area contributed by atoms with Gasteiger partial charge in [-0.05, 0) is 38.0 Å². The van der Waals surface area contributed by atoms with Crippen molar-refractivity contribution in [1.82, 2.24) is 10.0 Å². The summed E-state index contributed by atoms with van der Waals surface area (Å²) >= 11 is 0. The van der Waals surface area contributed by atoms with Gasteiger partial charge < -0.3 is 10.1 Å². The Kier molecular flexibility index (Phi) is 6.64. The van der Waals surface area contributed by atoms with Crippen molar-refractivity contribution in [2.24, 2.45) is 0 Å². The van der Waals surface area contributed by atoms with Gasteiger partial charge in [-0.15, -0.1) is 0 Å². The van der Waals surface area contributed by atoms with Crippen LogP contribution in [-0.2, 0) is 14.8 Å². The Morgan fingerprint density at radius 2 is 1.95 bits per heavy atom. The highest BCUT2D eigenvalue weighted by atomic mass is 32.2. The van der Waals surface area contributed by atoms with Gasteiger partial charge in [0.05, 0.1) is 5.75 Å². The van der Waals surface area contributed by atoms with E-state index < -0.39 is 10.0 Å². The van der Waals surface area contributed by atoms with Gasteiger partial charge in [-0.2, -0.15) is 0 Å². The molecule has 0 aromatic heterocycles. The maximum absolute atomic E-state index is 11.6. The normalized spacial score (nSPS) is 11.2. The van der Waals surface area contributed by atoms with Gasteiger partial charge in [0.15, 0.2) is 6.61 Å². The number of rotatable bonds is 8. The second-order valence-electron chi connectivity index (χ2n) is 4.63. The van der Waals surface area contributed by atoms with E-state index in [1.165, 1.54) is 0 Å². The molecule has 0 aliphatic heterocycles. The number of hydrogen-bond acceptors (Lipinski definition) is 4. The van der Waals surface area contributed by atoms with Crippen LogP contribution in [0.2, 0.25) is 0 Å². The Hall–Kier alpha value is -1.60. The number of carbonyl (C=O) groups excluding carboxylic acids is 1. The van der Waals surface area contributed by atoms with Crippen LogP contribution < -0.4 is 14.8 Å². The largest absolute Gasteiger partial charge is 0.483 e. The van der Waals surface area contributed by atoms with Gasteiger partial charge in [0.25, 0.3) is 5.91 Å². The van der Waals surface area contributed by atoms with Crippen LogP contribution in [0.25, 0.3) is 0 Å². The molecule has 0 heterocycles. The summed E-state index contributed by atoms with van der Waals surface area (Å²) in [4.78, 5) is 11.6. The minimum absolute atomic E-state index is 0.0245. The maximum Gasteiger partial charge on any atom is 0.257 e. The van der Waals surface area contributed by atoms with Crippen LogP contribution in [0.5, 0.6) is 5.75 Å². The molecule has 0 saturated carbocycles. The van der Waals surface area contributed by atoms with Crippen LogP contribution in [0, 0.1) is 13.8 Å². The quantitative estimate of drug-likeness (QED) is 0.693. The second kappa shape index (κ2) is 7.99. The van der Waals surface area contributed by atoms with E-state index in [2.05, 4.69) is 10.0 Å². The minimum Gasteiger partial charge on any atom is -0.483 e. The predicted octanol–water partition coefficient (Wildman–Crippen LogP) is 0.738. The first-order valence-electron chi connectivity index (χ1n) is 6.78. The number of aryl methyl sites for hydroxylation is 1. The fourth-order valence-electron chi connectivity index (χ4n) is 1.59. The molecule has 0 radical (unpaired) electrons. The number of amides is 1. The molecule has 0 saturated heterocycles. The van der Waals surface area contributed by atoms with E-state index >= 15 is 0 Å². The third-order valence-electron chi connectivity index (χ3n) is 3.06. The lowest BCUT2D eigenvalue weighted by atomic mass is 10.1. The van der Waals surface area contributed by atoms with E-state index in [-0.39, 0.29) is 31.4 Å². The molecule has 1 rings (SSSR count). The van der Waals surface area contributed by atoms with Crippen LogP contribution in [0.15, 0.2) is 18.2 Å². The van der Waals surface area contributed by atoms with Crippen LogP contribution in [0.4, 0.5) is 0 Å². The van der Waals surface area contributed by atoms with E-state index in [1.807, 2.05) is 32.0 Å². The molecule has 2 N–H and O–H groups in total. The molecule has 1 amide bonds. The zero-order chi connectivity index (χ0) is 15.9. The lowest BCUT2D eigenvalue weighted by molar-refractivity contribution is -0.123. The molecule has 0 unspecified atom stereocenters. The summed E-state index contributed by atoms with van der Waals surface area (Å²) in [6.07, 6.45) is 0. The molecular weight excluding hydrogens is 292 g/mol.